The Balaban J connectivity index is 4.38. The van der Waals surface area contributed by atoms with Crippen molar-refractivity contribution in [1.29, 1.82) is 0 Å². The maximum atomic E-state index is 12.8. The van der Waals surface area contributed by atoms with E-state index in [1.807, 2.05) is 0 Å². The van der Waals surface area contributed by atoms with Crippen molar-refractivity contribution in [2.45, 2.75) is 258 Å². The molecule has 0 aliphatic carbocycles. The van der Waals surface area contributed by atoms with Crippen LogP contribution in [0.15, 0.2) is 134 Å². The molecule has 0 radical (unpaired) electrons. The normalized spacial score (nSPS) is 13.1. The number of carbonyl (C=O) groups is 3. The molecule has 0 saturated carbocycles. The van der Waals surface area contributed by atoms with Gasteiger partial charge in [-0.2, -0.15) is 0 Å². The van der Waals surface area contributed by atoms with Crippen molar-refractivity contribution in [1.82, 2.24) is 0 Å². The van der Waals surface area contributed by atoms with Crippen LogP contribution in [0.5, 0.6) is 0 Å². The van der Waals surface area contributed by atoms with E-state index in [0.717, 1.165) is 122 Å². The molecule has 412 valence electrons. The molecule has 1 unspecified atom stereocenters. The van der Waals surface area contributed by atoms with Crippen LogP contribution in [-0.4, -0.2) is 37.2 Å². The van der Waals surface area contributed by atoms with Crippen LogP contribution in [0.25, 0.3) is 0 Å². The summed E-state index contributed by atoms with van der Waals surface area (Å²) >= 11 is 0. The molecule has 0 aromatic heterocycles. The lowest BCUT2D eigenvalue weighted by atomic mass is 10.1. The molecule has 0 heterocycles. The van der Waals surface area contributed by atoms with E-state index in [2.05, 4.69) is 154 Å². The summed E-state index contributed by atoms with van der Waals surface area (Å²) in [6.45, 7) is 6.35. The van der Waals surface area contributed by atoms with Crippen LogP contribution in [0, 0.1) is 0 Å². The zero-order valence-electron chi connectivity index (χ0n) is 47.1. The van der Waals surface area contributed by atoms with E-state index in [1.54, 1.807) is 0 Å². The van der Waals surface area contributed by atoms with Gasteiger partial charge in [-0.25, -0.2) is 0 Å². The second kappa shape index (κ2) is 60.1. The number of hydrogen-bond donors (Lipinski definition) is 0. The first-order valence-corrected chi connectivity index (χ1v) is 29.7. The Morgan fingerprint density at radius 2 is 0.548 bits per heavy atom. The average molecular weight is 1010 g/mol. The summed E-state index contributed by atoms with van der Waals surface area (Å²) in [6.07, 6.45) is 84.5. The number of hydrogen-bond acceptors (Lipinski definition) is 6. The van der Waals surface area contributed by atoms with Gasteiger partial charge in [-0.3, -0.25) is 14.4 Å². The molecule has 6 heteroatoms. The molecule has 6 nitrogen and oxygen atoms in total. The highest BCUT2D eigenvalue weighted by Gasteiger charge is 2.19. The standard InChI is InChI=1S/C67H108O6/c1-4-7-10-13-16-19-22-24-26-28-29-30-31-32-33-34-35-36-37-39-40-42-45-48-51-54-57-60-66(69)72-63-64(62-71-65(68)59-56-53-50-47-44-21-18-15-12-9-6-3)73-67(70)61-58-55-52-49-46-43-41-38-27-25-23-20-17-14-11-8-5-2/h7-8,10-11,16-17,19-20,24-27,29-30,32-33,35-36,41,43,49,52,64H,4-6,9,12-15,18,21-23,28,31,34,37-40,42,44-48,50-51,53-63H2,1-3H3/b10-7-,11-8-,19-16-,20-17-,26-24-,27-25-,30-29-,33-32-,36-35-,43-41-,52-49-. The van der Waals surface area contributed by atoms with Gasteiger partial charge in [0.15, 0.2) is 6.10 Å². The van der Waals surface area contributed by atoms with E-state index in [1.165, 1.54) is 83.5 Å². The third-order valence-corrected chi connectivity index (χ3v) is 12.2. The number of allylic oxidation sites excluding steroid dienone is 22. The molecule has 0 rings (SSSR count). The zero-order valence-corrected chi connectivity index (χ0v) is 47.1. The minimum absolute atomic E-state index is 0.105. The fourth-order valence-corrected chi connectivity index (χ4v) is 7.78. The number of unbranched alkanes of at least 4 members (excludes halogenated alkanes) is 19. The third-order valence-electron chi connectivity index (χ3n) is 12.2. The summed E-state index contributed by atoms with van der Waals surface area (Å²) in [7, 11) is 0. The van der Waals surface area contributed by atoms with Crippen LogP contribution in [-0.2, 0) is 28.6 Å². The number of esters is 3. The van der Waals surface area contributed by atoms with Crippen LogP contribution in [0.1, 0.15) is 252 Å². The zero-order chi connectivity index (χ0) is 52.9. The molecule has 0 aliphatic heterocycles. The summed E-state index contributed by atoms with van der Waals surface area (Å²) < 4.78 is 16.8. The van der Waals surface area contributed by atoms with Gasteiger partial charge in [-0.05, 0) is 109 Å². The number of rotatable bonds is 52. The van der Waals surface area contributed by atoms with E-state index in [4.69, 9.17) is 14.2 Å². The van der Waals surface area contributed by atoms with Gasteiger partial charge in [-0.15, -0.1) is 0 Å². The molecule has 0 aromatic rings. The van der Waals surface area contributed by atoms with Gasteiger partial charge in [-0.1, -0.05) is 257 Å². The van der Waals surface area contributed by atoms with Crippen molar-refractivity contribution in [2.75, 3.05) is 13.2 Å². The molecule has 0 saturated heterocycles. The maximum Gasteiger partial charge on any atom is 0.306 e. The monoisotopic (exact) mass is 1010 g/mol. The van der Waals surface area contributed by atoms with E-state index < -0.39 is 6.10 Å². The van der Waals surface area contributed by atoms with Crippen molar-refractivity contribution < 1.29 is 28.6 Å². The summed E-state index contributed by atoms with van der Waals surface area (Å²) in [5, 5.41) is 0. The molecule has 0 N–H and O–H groups in total. The number of carbonyl (C=O) groups excluding carboxylic acids is 3. The van der Waals surface area contributed by atoms with Crippen LogP contribution in [0.2, 0.25) is 0 Å². The summed E-state index contributed by atoms with van der Waals surface area (Å²) in [5.41, 5.74) is 0. The second-order valence-corrected chi connectivity index (χ2v) is 19.1. The predicted molar refractivity (Wildman–Crippen MR) is 316 cm³/mol. The lowest BCUT2D eigenvalue weighted by molar-refractivity contribution is -0.167. The van der Waals surface area contributed by atoms with E-state index in [9.17, 15) is 14.4 Å². The Labute approximate surface area is 449 Å². The maximum absolute atomic E-state index is 12.8. The smallest absolute Gasteiger partial charge is 0.306 e. The number of ether oxygens (including phenoxy) is 3. The first-order chi connectivity index (χ1) is 36.0. The van der Waals surface area contributed by atoms with E-state index >= 15 is 0 Å². The predicted octanol–water partition coefficient (Wildman–Crippen LogP) is 20.2. The van der Waals surface area contributed by atoms with Crippen LogP contribution in [0.4, 0.5) is 0 Å². The van der Waals surface area contributed by atoms with Gasteiger partial charge in [0.25, 0.3) is 0 Å². The van der Waals surface area contributed by atoms with Crippen LogP contribution >= 0.6 is 0 Å². The Morgan fingerprint density at radius 1 is 0.288 bits per heavy atom. The molecule has 0 amide bonds. The highest BCUT2D eigenvalue weighted by Crippen LogP contribution is 2.14. The molecule has 0 aliphatic rings. The summed E-state index contributed by atoms with van der Waals surface area (Å²) in [4.78, 5) is 38.1. The largest absolute Gasteiger partial charge is 0.462 e. The lowest BCUT2D eigenvalue weighted by Crippen LogP contribution is -2.30. The molecule has 0 fully saturated rings. The third kappa shape index (κ3) is 58.3. The van der Waals surface area contributed by atoms with Crippen molar-refractivity contribution in [3.63, 3.8) is 0 Å². The van der Waals surface area contributed by atoms with E-state index in [-0.39, 0.29) is 37.5 Å². The van der Waals surface area contributed by atoms with Gasteiger partial charge in [0, 0.05) is 19.3 Å². The average Bonchev–Trinajstić information content (AvgIpc) is 3.39. The molecular weight excluding hydrogens is 901 g/mol. The summed E-state index contributed by atoms with van der Waals surface area (Å²) in [5.74, 6) is -0.976. The molecule has 0 aromatic carbocycles. The van der Waals surface area contributed by atoms with Crippen molar-refractivity contribution >= 4 is 17.9 Å². The lowest BCUT2D eigenvalue weighted by Gasteiger charge is -2.18. The van der Waals surface area contributed by atoms with Gasteiger partial charge in [0.05, 0.1) is 0 Å². The van der Waals surface area contributed by atoms with Crippen molar-refractivity contribution in [3.05, 3.63) is 134 Å². The van der Waals surface area contributed by atoms with Gasteiger partial charge < -0.3 is 14.2 Å². The SMILES string of the molecule is CC/C=C\C/C=C\C/C=C\C/C=C\C/C=C\C/C=C\CCCCCCCCCCC(=O)OCC(COC(=O)CCCCCCCCCCCCC)OC(=O)CCC/C=C\C/C=C\C/C=C\C/C=C\C/C=C\CC. The molecule has 0 bridgehead atoms. The molecule has 1 atom stereocenters. The van der Waals surface area contributed by atoms with Crippen molar-refractivity contribution in [3.8, 4) is 0 Å². The molecule has 0 spiro atoms. The molecule has 73 heavy (non-hydrogen) atoms. The fourth-order valence-electron chi connectivity index (χ4n) is 7.78. The first kappa shape index (κ1) is 68.6. The second-order valence-electron chi connectivity index (χ2n) is 19.1. The Hall–Kier alpha value is -4.45. The molecular formula is C67H108O6. The van der Waals surface area contributed by atoms with Crippen LogP contribution < -0.4 is 0 Å². The minimum Gasteiger partial charge on any atom is -0.462 e. The Kier molecular flexibility index (Phi) is 56.4. The summed E-state index contributed by atoms with van der Waals surface area (Å²) in [6, 6.07) is 0. The van der Waals surface area contributed by atoms with E-state index in [0.29, 0.717) is 19.3 Å². The van der Waals surface area contributed by atoms with Gasteiger partial charge >= 0.3 is 17.9 Å². The van der Waals surface area contributed by atoms with Crippen LogP contribution in [0.3, 0.4) is 0 Å². The minimum atomic E-state index is -0.814. The quantitative estimate of drug-likeness (QED) is 0.0261. The fraction of sp³-hybridized carbons (Fsp3) is 0.627. The van der Waals surface area contributed by atoms with Gasteiger partial charge in [0.1, 0.15) is 13.2 Å². The first-order valence-electron chi connectivity index (χ1n) is 29.7. The Bertz CT molecular complexity index is 1580. The topological polar surface area (TPSA) is 78.9 Å². The van der Waals surface area contributed by atoms with Crippen molar-refractivity contribution in [2.24, 2.45) is 0 Å². The Morgan fingerprint density at radius 3 is 0.877 bits per heavy atom. The van der Waals surface area contributed by atoms with Gasteiger partial charge in [0.2, 0.25) is 0 Å². The highest BCUT2D eigenvalue weighted by molar-refractivity contribution is 5.71. The highest BCUT2D eigenvalue weighted by atomic mass is 16.6.